The number of hydrogen-bond acceptors (Lipinski definition) is 4. The topological polar surface area (TPSA) is 47.7 Å². The minimum atomic E-state index is -0.325. The van der Waals surface area contributed by atoms with Crippen molar-refractivity contribution >= 4 is 0 Å². The molecule has 2 atom stereocenters. The van der Waals surface area contributed by atoms with E-state index in [4.69, 9.17) is 15.2 Å². The smallest absolute Gasteiger partial charge is 0.131 e. The third-order valence-corrected chi connectivity index (χ3v) is 3.24. The summed E-state index contributed by atoms with van der Waals surface area (Å²) in [5, 5.41) is 0. The van der Waals surface area contributed by atoms with Gasteiger partial charge in [-0.2, -0.15) is 0 Å². The van der Waals surface area contributed by atoms with E-state index in [1.54, 1.807) is 19.1 Å². The molecule has 19 heavy (non-hydrogen) atoms. The van der Waals surface area contributed by atoms with Gasteiger partial charge >= 0.3 is 0 Å². The quantitative estimate of drug-likeness (QED) is 0.900. The van der Waals surface area contributed by atoms with E-state index in [2.05, 4.69) is 4.90 Å². The minimum Gasteiger partial charge on any atom is -0.491 e. The molecule has 106 valence electrons. The Morgan fingerprint density at radius 2 is 2.37 bits per heavy atom. The fourth-order valence-corrected chi connectivity index (χ4v) is 2.12. The number of hydrogen-bond donors (Lipinski definition) is 1. The van der Waals surface area contributed by atoms with Crippen LogP contribution in [0.25, 0.3) is 0 Å². The van der Waals surface area contributed by atoms with Crippen LogP contribution in [-0.2, 0) is 4.74 Å². The minimum absolute atomic E-state index is 0.0370. The lowest BCUT2D eigenvalue weighted by Gasteiger charge is -2.29. The van der Waals surface area contributed by atoms with Crippen molar-refractivity contribution in [3.63, 3.8) is 0 Å². The van der Waals surface area contributed by atoms with Gasteiger partial charge in [-0.05, 0) is 20.0 Å². The van der Waals surface area contributed by atoms with Crippen molar-refractivity contribution < 1.29 is 13.9 Å². The van der Waals surface area contributed by atoms with E-state index in [9.17, 15) is 4.39 Å². The van der Waals surface area contributed by atoms with E-state index in [0.29, 0.717) is 24.5 Å². The first-order chi connectivity index (χ1) is 9.06. The van der Waals surface area contributed by atoms with Crippen LogP contribution < -0.4 is 10.5 Å². The van der Waals surface area contributed by atoms with Crippen LogP contribution in [0, 0.1) is 5.82 Å². The first kappa shape index (κ1) is 14.2. The maximum absolute atomic E-state index is 13.7. The largest absolute Gasteiger partial charge is 0.491 e. The molecule has 5 heteroatoms. The Hall–Kier alpha value is -1.17. The van der Waals surface area contributed by atoms with Gasteiger partial charge in [0.15, 0.2) is 0 Å². The maximum atomic E-state index is 13.7. The van der Waals surface area contributed by atoms with Gasteiger partial charge in [0.25, 0.3) is 0 Å². The van der Waals surface area contributed by atoms with Gasteiger partial charge in [0.05, 0.1) is 6.61 Å². The molecule has 0 aliphatic carbocycles. The van der Waals surface area contributed by atoms with Crippen LogP contribution in [0.3, 0.4) is 0 Å². The van der Waals surface area contributed by atoms with E-state index in [1.165, 1.54) is 6.07 Å². The highest BCUT2D eigenvalue weighted by molar-refractivity contribution is 5.30. The maximum Gasteiger partial charge on any atom is 0.131 e. The van der Waals surface area contributed by atoms with Crippen LogP contribution in [0.15, 0.2) is 18.2 Å². The average molecular weight is 268 g/mol. The van der Waals surface area contributed by atoms with Crippen molar-refractivity contribution in [3.05, 3.63) is 29.6 Å². The molecular weight excluding hydrogens is 247 g/mol. The van der Waals surface area contributed by atoms with E-state index in [1.807, 2.05) is 7.05 Å². The fourth-order valence-electron chi connectivity index (χ4n) is 2.12. The van der Waals surface area contributed by atoms with Gasteiger partial charge in [0.1, 0.15) is 24.3 Å². The SMILES string of the molecule is C[C@@H](N)c1ccc(OCC2CN(C)CCO2)cc1F. The number of ether oxygens (including phenoxy) is 2. The zero-order valence-corrected chi connectivity index (χ0v) is 11.4. The molecule has 0 amide bonds. The summed E-state index contributed by atoms with van der Waals surface area (Å²) >= 11 is 0. The summed E-state index contributed by atoms with van der Waals surface area (Å²) < 4.78 is 24.9. The van der Waals surface area contributed by atoms with E-state index < -0.39 is 0 Å². The molecule has 1 unspecified atom stereocenters. The van der Waals surface area contributed by atoms with E-state index >= 15 is 0 Å². The lowest BCUT2D eigenvalue weighted by atomic mass is 10.1. The Balaban J connectivity index is 1.91. The molecule has 4 nitrogen and oxygen atoms in total. The molecule has 2 rings (SSSR count). The molecule has 0 saturated carbocycles. The number of likely N-dealkylation sites (N-methyl/N-ethyl adjacent to an activating group) is 1. The highest BCUT2D eigenvalue weighted by Crippen LogP contribution is 2.21. The number of nitrogens with zero attached hydrogens (tertiary/aromatic N) is 1. The van der Waals surface area contributed by atoms with Crippen molar-refractivity contribution in [3.8, 4) is 5.75 Å². The first-order valence-corrected chi connectivity index (χ1v) is 6.54. The van der Waals surface area contributed by atoms with Crippen LogP contribution >= 0.6 is 0 Å². The monoisotopic (exact) mass is 268 g/mol. The molecule has 1 aromatic carbocycles. The second-order valence-electron chi connectivity index (χ2n) is 5.04. The average Bonchev–Trinajstić information content (AvgIpc) is 2.36. The van der Waals surface area contributed by atoms with Crippen LogP contribution in [0.2, 0.25) is 0 Å². The molecule has 1 saturated heterocycles. The molecule has 0 spiro atoms. The molecule has 0 aromatic heterocycles. The molecule has 1 heterocycles. The van der Waals surface area contributed by atoms with Crippen molar-refractivity contribution in [2.45, 2.75) is 19.1 Å². The Bertz CT molecular complexity index is 426. The number of morpholine rings is 1. The molecule has 1 fully saturated rings. The van der Waals surface area contributed by atoms with Gasteiger partial charge in [0, 0.05) is 30.8 Å². The van der Waals surface area contributed by atoms with Crippen LogP contribution in [0.1, 0.15) is 18.5 Å². The highest BCUT2D eigenvalue weighted by Gasteiger charge is 2.18. The second-order valence-corrected chi connectivity index (χ2v) is 5.04. The van der Waals surface area contributed by atoms with Crippen molar-refractivity contribution in [1.29, 1.82) is 0 Å². The third-order valence-electron chi connectivity index (χ3n) is 3.24. The number of nitrogens with two attached hydrogens (primary N) is 1. The van der Waals surface area contributed by atoms with E-state index in [-0.39, 0.29) is 18.0 Å². The van der Waals surface area contributed by atoms with Crippen LogP contribution in [0.5, 0.6) is 5.75 Å². The Morgan fingerprint density at radius 3 is 3.00 bits per heavy atom. The molecule has 1 aromatic rings. The summed E-state index contributed by atoms with van der Waals surface area (Å²) in [4.78, 5) is 2.19. The molecular formula is C14H21FN2O2. The van der Waals surface area contributed by atoms with Gasteiger partial charge in [-0.15, -0.1) is 0 Å². The van der Waals surface area contributed by atoms with Crippen molar-refractivity contribution in [2.24, 2.45) is 5.73 Å². The first-order valence-electron chi connectivity index (χ1n) is 6.54. The summed E-state index contributed by atoms with van der Waals surface area (Å²) in [5.74, 6) is 0.188. The van der Waals surface area contributed by atoms with Gasteiger partial charge in [-0.1, -0.05) is 6.07 Å². The summed E-state index contributed by atoms with van der Waals surface area (Å²) in [7, 11) is 2.05. The zero-order valence-electron chi connectivity index (χ0n) is 11.4. The standard InChI is InChI=1S/C14H21FN2O2/c1-10(16)13-4-3-11(7-14(13)15)19-9-12-8-17(2)5-6-18-12/h3-4,7,10,12H,5-6,8-9,16H2,1-2H3/t10-,12?/m1/s1. The summed E-state index contributed by atoms with van der Waals surface area (Å²) in [6.45, 7) is 4.67. The van der Waals surface area contributed by atoms with Gasteiger partial charge in [-0.25, -0.2) is 4.39 Å². The third kappa shape index (κ3) is 3.89. The molecule has 1 aliphatic heterocycles. The van der Waals surface area contributed by atoms with Crippen LogP contribution in [0.4, 0.5) is 4.39 Å². The lowest BCUT2D eigenvalue weighted by molar-refractivity contribution is -0.0403. The highest BCUT2D eigenvalue weighted by atomic mass is 19.1. The number of halogens is 1. The molecule has 1 aliphatic rings. The Labute approximate surface area is 113 Å². The zero-order chi connectivity index (χ0) is 13.8. The summed E-state index contributed by atoms with van der Waals surface area (Å²) in [5.41, 5.74) is 6.17. The summed E-state index contributed by atoms with van der Waals surface area (Å²) in [6, 6.07) is 4.48. The van der Waals surface area contributed by atoms with E-state index in [0.717, 1.165) is 13.1 Å². The van der Waals surface area contributed by atoms with Gasteiger partial charge in [0.2, 0.25) is 0 Å². The Morgan fingerprint density at radius 1 is 1.58 bits per heavy atom. The molecule has 2 N–H and O–H groups in total. The number of rotatable bonds is 4. The predicted octanol–water partition coefficient (Wildman–Crippen LogP) is 1.55. The lowest BCUT2D eigenvalue weighted by Crippen LogP contribution is -2.42. The predicted molar refractivity (Wildman–Crippen MR) is 71.7 cm³/mol. The molecule has 0 bridgehead atoms. The Kier molecular flexibility index (Phi) is 4.74. The second kappa shape index (κ2) is 6.32. The van der Waals surface area contributed by atoms with Crippen molar-refractivity contribution in [1.82, 2.24) is 4.90 Å². The normalized spacial score (nSPS) is 22.2. The number of benzene rings is 1. The van der Waals surface area contributed by atoms with Gasteiger partial charge in [-0.3, -0.25) is 0 Å². The van der Waals surface area contributed by atoms with Gasteiger partial charge < -0.3 is 20.1 Å². The van der Waals surface area contributed by atoms with Crippen LogP contribution in [-0.4, -0.2) is 44.4 Å². The molecule has 0 radical (unpaired) electrons. The summed E-state index contributed by atoms with van der Waals surface area (Å²) in [6.07, 6.45) is 0.0370. The van der Waals surface area contributed by atoms with Crippen molar-refractivity contribution in [2.75, 3.05) is 33.4 Å². The fraction of sp³-hybridized carbons (Fsp3) is 0.571.